The van der Waals surface area contributed by atoms with E-state index in [2.05, 4.69) is 31.4 Å². The summed E-state index contributed by atoms with van der Waals surface area (Å²) < 4.78 is 5.96. The first kappa shape index (κ1) is 11.1. The summed E-state index contributed by atoms with van der Waals surface area (Å²) in [5.41, 5.74) is 1.97. The molecule has 0 amide bonds. The van der Waals surface area contributed by atoms with Gasteiger partial charge in [0.25, 0.3) is 0 Å². The van der Waals surface area contributed by atoms with Crippen molar-refractivity contribution in [3.63, 3.8) is 0 Å². The summed E-state index contributed by atoms with van der Waals surface area (Å²) in [5, 5.41) is 7.12. The molecule has 0 aliphatic carbocycles. The van der Waals surface area contributed by atoms with Crippen molar-refractivity contribution in [2.75, 3.05) is 5.32 Å². The molecule has 0 fully saturated rings. The Morgan fingerprint density at radius 2 is 2.19 bits per heavy atom. The quantitative estimate of drug-likeness (QED) is 0.940. The Kier molecular flexibility index (Phi) is 3.24. The first-order valence-electron chi connectivity index (χ1n) is 4.93. The Morgan fingerprint density at radius 1 is 1.38 bits per heavy atom. The van der Waals surface area contributed by atoms with Gasteiger partial charge in [0.05, 0.1) is 6.54 Å². The van der Waals surface area contributed by atoms with Crippen molar-refractivity contribution in [1.82, 2.24) is 10.1 Å². The summed E-state index contributed by atoms with van der Waals surface area (Å²) in [4.78, 5) is 4.28. The number of aryl methyl sites for hydroxylation is 2. The smallest absolute Gasteiger partial charge is 0.133 e. The molecule has 0 saturated heterocycles. The van der Waals surface area contributed by atoms with E-state index in [1.165, 1.54) is 0 Å². The van der Waals surface area contributed by atoms with E-state index >= 15 is 0 Å². The fourth-order valence-electron chi connectivity index (χ4n) is 1.40. The molecule has 4 nitrogen and oxygen atoms in total. The van der Waals surface area contributed by atoms with Crippen LogP contribution in [0.4, 0.5) is 5.82 Å². The fourth-order valence-corrected chi connectivity index (χ4v) is 1.85. The predicted molar refractivity (Wildman–Crippen MR) is 65.2 cm³/mol. The third-order valence-electron chi connectivity index (χ3n) is 2.16. The summed E-state index contributed by atoms with van der Waals surface area (Å²) in [7, 11) is 0. The highest BCUT2D eigenvalue weighted by Gasteiger charge is 2.03. The number of nitrogens with zero attached hydrogens (tertiary/aromatic N) is 2. The van der Waals surface area contributed by atoms with Crippen LogP contribution in [0.1, 0.15) is 17.0 Å². The second-order valence-corrected chi connectivity index (χ2v) is 4.52. The zero-order chi connectivity index (χ0) is 11.5. The molecule has 0 aliphatic heterocycles. The molecule has 0 unspecified atom stereocenters. The van der Waals surface area contributed by atoms with Crippen LogP contribution in [0.5, 0.6) is 0 Å². The molecule has 2 heterocycles. The molecular weight excluding hydrogens is 270 g/mol. The van der Waals surface area contributed by atoms with Gasteiger partial charge in [0.2, 0.25) is 0 Å². The van der Waals surface area contributed by atoms with Crippen LogP contribution in [-0.4, -0.2) is 10.1 Å². The molecule has 84 valence electrons. The molecule has 0 bridgehead atoms. The van der Waals surface area contributed by atoms with Gasteiger partial charge in [-0.1, -0.05) is 5.16 Å². The molecule has 2 rings (SSSR count). The minimum atomic E-state index is 0.618. The van der Waals surface area contributed by atoms with Crippen LogP contribution in [0, 0.1) is 13.8 Å². The van der Waals surface area contributed by atoms with Crippen LogP contribution in [0.25, 0.3) is 0 Å². The molecule has 0 saturated carbocycles. The van der Waals surface area contributed by atoms with Gasteiger partial charge in [-0.2, -0.15) is 0 Å². The lowest BCUT2D eigenvalue weighted by Crippen LogP contribution is -2.03. The van der Waals surface area contributed by atoms with Gasteiger partial charge in [-0.3, -0.25) is 0 Å². The molecule has 2 aromatic heterocycles. The van der Waals surface area contributed by atoms with Gasteiger partial charge in [-0.15, -0.1) is 0 Å². The average molecular weight is 282 g/mol. The maximum Gasteiger partial charge on any atom is 0.133 e. The number of nitrogens with one attached hydrogen (secondary N) is 1. The van der Waals surface area contributed by atoms with Crippen molar-refractivity contribution in [2.24, 2.45) is 0 Å². The van der Waals surface area contributed by atoms with Gasteiger partial charge >= 0.3 is 0 Å². The van der Waals surface area contributed by atoms with Gasteiger partial charge in [-0.05, 0) is 41.4 Å². The second kappa shape index (κ2) is 4.65. The van der Waals surface area contributed by atoms with E-state index < -0.39 is 0 Å². The molecule has 1 N–H and O–H groups in total. The molecule has 2 aromatic rings. The van der Waals surface area contributed by atoms with E-state index in [4.69, 9.17) is 4.52 Å². The minimum Gasteiger partial charge on any atom is -0.364 e. The maximum absolute atomic E-state index is 4.98. The third kappa shape index (κ3) is 2.61. The van der Waals surface area contributed by atoms with Crippen LogP contribution >= 0.6 is 15.9 Å². The van der Waals surface area contributed by atoms with E-state index in [1.54, 1.807) is 6.20 Å². The first-order valence-corrected chi connectivity index (χ1v) is 5.72. The van der Waals surface area contributed by atoms with Crippen molar-refractivity contribution in [1.29, 1.82) is 0 Å². The first-order chi connectivity index (χ1) is 7.65. The molecule has 5 heteroatoms. The summed E-state index contributed by atoms with van der Waals surface area (Å²) in [5.74, 6) is 1.68. The molecular formula is C11H12BrN3O. The molecule has 0 atom stereocenters. The van der Waals surface area contributed by atoms with Crippen molar-refractivity contribution < 1.29 is 4.52 Å². The zero-order valence-corrected chi connectivity index (χ0v) is 10.7. The number of halogens is 1. The molecule has 0 aromatic carbocycles. The van der Waals surface area contributed by atoms with E-state index in [1.807, 2.05) is 26.0 Å². The van der Waals surface area contributed by atoms with Crippen molar-refractivity contribution in [2.45, 2.75) is 20.4 Å². The highest BCUT2D eigenvalue weighted by atomic mass is 79.9. The number of hydrogen-bond donors (Lipinski definition) is 1. The lowest BCUT2D eigenvalue weighted by molar-refractivity contribution is 0.391. The monoisotopic (exact) mass is 281 g/mol. The van der Waals surface area contributed by atoms with Gasteiger partial charge in [0, 0.05) is 16.7 Å². The fraction of sp³-hybridized carbons (Fsp3) is 0.273. The summed E-state index contributed by atoms with van der Waals surface area (Å²) in [6, 6.07) is 3.92. The number of hydrogen-bond acceptors (Lipinski definition) is 4. The van der Waals surface area contributed by atoms with Crippen molar-refractivity contribution in [3.05, 3.63) is 39.8 Å². The summed E-state index contributed by atoms with van der Waals surface area (Å²) in [6.45, 7) is 4.50. The van der Waals surface area contributed by atoms with Gasteiger partial charge in [-0.25, -0.2) is 4.98 Å². The average Bonchev–Trinajstić information content (AvgIpc) is 2.63. The summed E-state index contributed by atoms with van der Waals surface area (Å²) in [6.07, 6.45) is 1.77. The molecule has 16 heavy (non-hydrogen) atoms. The van der Waals surface area contributed by atoms with Crippen molar-refractivity contribution >= 4 is 21.7 Å². The van der Waals surface area contributed by atoms with E-state index in [0.29, 0.717) is 6.54 Å². The van der Waals surface area contributed by atoms with E-state index in [0.717, 1.165) is 27.3 Å². The normalized spacial score (nSPS) is 10.4. The van der Waals surface area contributed by atoms with Crippen LogP contribution in [-0.2, 0) is 6.54 Å². The van der Waals surface area contributed by atoms with E-state index in [-0.39, 0.29) is 0 Å². The third-order valence-corrected chi connectivity index (χ3v) is 2.59. The Morgan fingerprint density at radius 3 is 2.81 bits per heavy atom. The minimum absolute atomic E-state index is 0.618. The largest absolute Gasteiger partial charge is 0.364 e. The molecule has 0 radical (unpaired) electrons. The number of aromatic nitrogens is 2. The van der Waals surface area contributed by atoms with E-state index in [9.17, 15) is 0 Å². The predicted octanol–water partition coefficient (Wildman–Crippen LogP) is 3.06. The summed E-state index contributed by atoms with van der Waals surface area (Å²) >= 11 is 3.38. The highest BCUT2D eigenvalue weighted by molar-refractivity contribution is 9.10. The zero-order valence-electron chi connectivity index (χ0n) is 9.12. The van der Waals surface area contributed by atoms with Gasteiger partial charge in [0.15, 0.2) is 0 Å². The molecule has 0 aliphatic rings. The Hall–Kier alpha value is -1.36. The standard InChI is InChI=1S/C11H12BrN3O/c1-7-3-9(12)5-13-11(7)14-6-10-4-8(2)16-15-10/h3-5H,6H2,1-2H3,(H,13,14). The van der Waals surface area contributed by atoms with Crippen LogP contribution in [0.3, 0.4) is 0 Å². The van der Waals surface area contributed by atoms with Crippen LogP contribution in [0.2, 0.25) is 0 Å². The Balaban J connectivity index is 2.04. The Labute approximate surface area is 102 Å². The number of anilines is 1. The number of rotatable bonds is 3. The topological polar surface area (TPSA) is 51.0 Å². The lowest BCUT2D eigenvalue weighted by atomic mass is 10.3. The lowest BCUT2D eigenvalue weighted by Gasteiger charge is -2.06. The van der Waals surface area contributed by atoms with Gasteiger partial charge in [0.1, 0.15) is 17.3 Å². The van der Waals surface area contributed by atoms with Crippen LogP contribution in [0.15, 0.2) is 27.3 Å². The molecule has 0 spiro atoms. The SMILES string of the molecule is Cc1cc(CNc2ncc(Br)cc2C)no1. The van der Waals surface area contributed by atoms with Crippen molar-refractivity contribution in [3.8, 4) is 0 Å². The second-order valence-electron chi connectivity index (χ2n) is 3.60. The highest BCUT2D eigenvalue weighted by Crippen LogP contribution is 2.17. The number of pyridine rings is 1. The van der Waals surface area contributed by atoms with Crippen LogP contribution < -0.4 is 5.32 Å². The maximum atomic E-state index is 4.98. The Bertz CT molecular complexity index is 496. The van der Waals surface area contributed by atoms with Gasteiger partial charge < -0.3 is 9.84 Å².